The Morgan fingerprint density at radius 3 is 2.42 bits per heavy atom. The van der Waals surface area contributed by atoms with E-state index in [1.807, 2.05) is 0 Å². The number of rotatable bonds is 5. The quantitative estimate of drug-likeness (QED) is 0.815. The topological polar surface area (TPSA) is 66.8 Å². The van der Waals surface area contributed by atoms with Gasteiger partial charge in [-0.25, -0.2) is 0 Å². The lowest BCUT2D eigenvalue weighted by Crippen LogP contribution is -2.47. The summed E-state index contributed by atoms with van der Waals surface area (Å²) in [5.41, 5.74) is -2.87. The minimum absolute atomic E-state index is 0.0557. The van der Waals surface area contributed by atoms with E-state index in [2.05, 4.69) is 0 Å². The second-order valence-electron chi connectivity index (χ2n) is 5.41. The highest BCUT2D eigenvalue weighted by atomic mass is 32.2. The molecule has 1 amide bonds. The Morgan fingerprint density at radius 2 is 1.96 bits per heavy atom. The number of ether oxygens (including phenoxy) is 1. The van der Waals surface area contributed by atoms with Crippen LogP contribution in [0.3, 0.4) is 0 Å². The molecule has 1 N–H and O–H groups in total. The highest BCUT2D eigenvalue weighted by Crippen LogP contribution is 2.45. The summed E-state index contributed by atoms with van der Waals surface area (Å²) in [5, 5.41) is 8.98. The third kappa shape index (κ3) is 3.61. The first-order valence-corrected chi connectivity index (χ1v) is 8.03. The third-order valence-electron chi connectivity index (χ3n) is 4.00. The minimum Gasteiger partial charge on any atom is -0.497 e. The van der Waals surface area contributed by atoms with Crippen LogP contribution in [0.5, 0.6) is 5.75 Å². The van der Waals surface area contributed by atoms with Crippen LogP contribution in [0, 0.1) is 5.41 Å². The fourth-order valence-electron chi connectivity index (χ4n) is 2.46. The molecule has 1 saturated heterocycles. The molecule has 0 saturated carbocycles. The normalized spacial score (nSPS) is 20.9. The molecular formula is C15H16F3NO4S. The van der Waals surface area contributed by atoms with E-state index in [0.717, 1.165) is 9.80 Å². The molecule has 1 fully saturated rings. The number of carboxylic acids is 1. The molecule has 0 spiro atoms. The Hall–Kier alpha value is -1.90. The van der Waals surface area contributed by atoms with Crippen molar-refractivity contribution in [1.29, 1.82) is 0 Å². The summed E-state index contributed by atoms with van der Waals surface area (Å²) in [6.45, 7) is -1.05. The van der Waals surface area contributed by atoms with Crippen LogP contribution in [0.25, 0.3) is 0 Å². The number of carbonyl (C=O) groups excluding carboxylic acids is 1. The molecule has 0 radical (unpaired) electrons. The van der Waals surface area contributed by atoms with Crippen LogP contribution >= 0.6 is 11.8 Å². The van der Waals surface area contributed by atoms with E-state index in [1.165, 1.54) is 18.9 Å². The smallest absolute Gasteiger partial charge is 0.406 e. The van der Waals surface area contributed by atoms with Crippen molar-refractivity contribution >= 4 is 23.6 Å². The van der Waals surface area contributed by atoms with Gasteiger partial charge in [0.15, 0.2) is 5.41 Å². The van der Waals surface area contributed by atoms with Crippen molar-refractivity contribution in [2.24, 2.45) is 5.41 Å². The number of methoxy groups -OCH3 is 1. The zero-order valence-corrected chi connectivity index (χ0v) is 13.6. The average Bonchev–Trinajstić information content (AvgIpc) is 3.00. The van der Waals surface area contributed by atoms with Gasteiger partial charge in [-0.3, -0.25) is 9.59 Å². The SMILES string of the molecule is COc1ccc(SCC(=O)N2CCC(C(=O)O)(C(F)(F)F)C2)cc1. The first-order valence-electron chi connectivity index (χ1n) is 7.04. The molecule has 1 heterocycles. The van der Waals surface area contributed by atoms with Crippen LogP contribution in [-0.4, -0.2) is 54.0 Å². The zero-order chi connectivity index (χ0) is 18.0. The summed E-state index contributed by atoms with van der Waals surface area (Å²) in [7, 11) is 1.52. The molecular weight excluding hydrogens is 347 g/mol. The van der Waals surface area contributed by atoms with Crippen molar-refractivity contribution in [2.45, 2.75) is 17.5 Å². The van der Waals surface area contributed by atoms with E-state index in [-0.39, 0.29) is 12.3 Å². The van der Waals surface area contributed by atoms with Gasteiger partial charge < -0.3 is 14.7 Å². The number of likely N-dealkylation sites (tertiary alicyclic amines) is 1. The fraction of sp³-hybridized carbons (Fsp3) is 0.467. The van der Waals surface area contributed by atoms with Crippen molar-refractivity contribution in [1.82, 2.24) is 4.90 Å². The maximum Gasteiger partial charge on any atom is 0.406 e. The number of hydrogen-bond donors (Lipinski definition) is 1. The molecule has 1 atom stereocenters. The molecule has 1 aromatic carbocycles. The molecule has 1 aromatic rings. The summed E-state index contributed by atoms with van der Waals surface area (Å²) >= 11 is 1.18. The Kier molecular flexibility index (Phi) is 5.32. The second kappa shape index (κ2) is 6.92. The minimum atomic E-state index is -4.89. The van der Waals surface area contributed by atoms with Gasteiger partial charge in [0.05, 0.1) is 12.9 Å². The molecule has 0 aromatic heterocycles. The third-order valence-corrected chi connectivity index (χ3v) is 4.99. The van der Waals surface area contributed by atoms with Crippen molar-refractivity contribution < 1.29 is 32.6 Å². The van der Waals surface area contributed by atoms with E-state index in [0.29, 0.717) is 5.75 Å². The number of benzene rings is 1. The number of alkyl halides is 3. The number of amides is 1. The lowest BCUT2D eigenvalue weighted by Gasteiger charge is -2.27. The molecule has 0 aliphatic carbocycles. The van der Waals surface area contributed by atoms with Gasteiger partial charge in [-0.15, -0.1) is 11.8 Å². The maximum atomic E-state index is 13.1. The summed E-state index contributed by atoms with van der Waals surface area (Å²) in [6, 6.07) is 6.89. The van der Waals surface area contributed by atoms with Crippen molar-refractivity contribution in [3.05, 3.63) is 24.3 Å². The number of carboxylic acid groups (broad SMARTS) is 1. The van der Waals surface area contributed by atoms with E-state index >= 15 is 0 Å². The number of hydrogen-bond acceptors (Lipinski definition) is 4. The Labute approximate surface area is 140 Å². The largest absolute Gasteiger partial charge is 0.497 e. The molecule has 1 aliphatic heterocycles. The van der Waals surface area contributed by atoms with Crippen molar-refractivity contribution in [3.63, 3.8) is 0 Å². The van der Waals surface area contributed by atoms with Gasteiger partial charge in [-0.05, 0) is 30.7 Å². The maximum absolute atomic E-state index is 13.1. The summed E-state index contributed by atoms with van der Waals surface area (Å²) in [4.78, 5) is 24.9. The Bertz CT molecular complexity index is 620. The van der Waals surface area contributed by atoms with Gasteiger partial charge in [0.25, 0.3) is 0 Å². The predicted molar refractivity (Wildman–Crippen MR) is 81.0 cm³/mol. The van der Waals surface area contributed by atoms with Crippen molar-refractivity contribution in [3.8, 4) is 5.75 Å². The fourth-order valence-corrected chi connectivity index (χ4v) is 3.26. The van der Waals surface area contributed by atoms with E-state index < -0.39 is 36.4 Å². The van der Waals surface area contributed by atoms with Gasteiger partial charge in [-0.2, -0.15) is 13.2 Å². The van der Waals surface area contributed by atoms with Crippen LogP contribution in [0.15, 0.2) is 29.2 Å². The predicted octanol–water partition coefficient (Wildman–Crippen LogP) is 2.65. The van der Waals surface area contributed by atoms with Gasteiger partial charge >= 0.3 is 12.1 Å². The molecule has 1 unspecified atom stereocenters. The molecule has 9 heteroatoms. The van der Waals surface area contributed by atoms with Crippen LogP contribution in [0.1, 0.15) is 6.42 Å². The number of thioether (sulfide) groups is 1. The Balaban J connectivity index is 1.97. The molecule has 24 heavy (non-hydrogen) atoms. The second-order valence-corrected chi connectivity index (χ2v) is 6.46. The molecule has 5 nitrogen and oxygen atoms in total. The van der Waals surface area contributed by atoms with E-state index in [9.17, 15) is 22.8 Å². The van der Waals surface area contributed by atoms with Crippen LogP contribution < -0.4 is 4.74 Å². The summed E-state index contributed by atoms with van der Waals surface area (Å²) in [5.74, 6) is -1.85. The molecule has 0 bridgehead atoms. The number of carbonyl (C=O) groups is 2. The van der Waals surface area contributed by atoms with Crippen molar-refractivity contribution in [2.75, 3.05) is 26.0 Å². The summed E-state index contributed by atoms with van der Waals surface area (Å²) < 4.78 is 44.3. The first kappa shape index (κ1) is 18.4. The van der Waals surface area contributed by atoms with Gasteiger partial charge in [0.1, 0.15) is 5.75 Å². The number of aliphatic carboxylic acids is 1. The van der Waals surface area contributed by atoms with E-state index in [4.69, 9.17) is 9.84 Å². The van der Waals surface area contributed by atoms with Crippen LogP contribution in [0.4, 0.5) is 13.2 Å². The first-order chi connectivity index (χ1) is 11.2. The summed E-state index contributed by atoms with van der Waals surface area (Å²) in [6.07, 6.45) is -5.51. The monoisotopic (exact) mass is 363 g/mol. The lowest BCUT2D eigenvalue weighted by molar-refractivity contribution is -0.227. The molecule has 1 aliphatic rings. The average molecular weight is 363 g/mol. The highest BCUT2D eigenvalue weighted by Gasteiger charge is 2.64. The van der Waals surface area contributed by atoms with Gasteiger partial charge in [0, 0.05) is 18.0 Å². The number of nitrogens with zero attached hydrogens (tertiary/aromatic N) is 1. The zero-order valence-electron chi connectivity index (χ0n) is 12.8. The molecule has 2 rings (SSSR count). The van der Waals surface area contributed by atoms with Gasteiger partial charge in [-0.1, -0.05) is 0 Å². The van der Waals surface area contributed by atoms with Crippen LogP contribution in [-0.2, 0) is 9.59 Å². The van der Waals surface area contributed by atoms with Gasteiger partial charge in [0.2, 0.25) is 5.91 Å². The molecule has 132 valence electrons. The van der Waals surface area contributed by atoms with E-state index in [1.54, 1.807) is 24.3 Å². The Morgan fingerprint density at radius 1 is 1.33 bits per heavy atom. The lowest BCUT2D eigenvalue weighted by atomic mass is 9.86. The van der Waals surface area contributed by atoms with Crippen LogP contribution in [0.2, 0.25) is 0 Å². The standard InChI is InChI=1S/C15H16F3NO4S/c1-23-10-2-4-11(5-3-10)24-8-12(20)19-7-6-14(9-19,13(21)22)15(16,17)18/h2-5H,6-9H2,1H3,(H,21,22). The number of halogens is 3. The highest BCUT2D eigenvalue weighted by molar-refractivity contribution is 8.00.